The molecule has 2 aliphatic rings. The Hall–Kier alpha value is -2.63. The Morgan fingerprint density at radius 3 is 2.83 bits per heavy atom. The maximum Gasteiger partial charge on any atom is 0.143 e. The van der Waals surface area contributed by atoms with E-state index < -0.39 is 0 Å². The molecule has 1 aromatic heterocycles. The number of aromatic nitrogens is 2. The Kier molecular flexibility index (Phi) is 5.56. The van der Waals surface area contributed by atoms with Crippen LogP contribution in [0.25, 0.3) is 0 Å². The van der Waals surface area contributed by atoms with Gasteiger partial charge >= 0.3 is 0 Å². The molecule has 3 aromatic rings. The van der Waals surface area contributed by atoms with Crippen LogP contribution in [0.4, 0.5) is 11.4 Å². The van der Waals surface area contributed by atoms with E-state index in [0.717, 1.165) is 48.2 Å². The van der Waals surface area contributed by atoms with Crippen LogP contribution in [0.15, 0.2) is 61.2 Å². The lowest BCUT2D eigenvalue weighted by atomic mass is 10.1. The third-order valence-electron chi connectivity index (χ3n) is 6.07. The van der Waals surface area contributed by atoms with Gasteiger partial charge in [-0.25, -0.2) is 9.97 Å². The molecule has 1 atom stereocenters. The number of ether oxygens (including phenoxy) is 1. The first-order chi connectivity index (χ1) is 14.8. The molecule has 0 amide bonds. The van der Waals surface area contributed by atoms with Crippen LogP contribution in [0.1, 0.15) is 24.0 Å². The lowest BCUT2D eigenvalue weighted by molar-refractivity contribution is 0.261. The minimum absolute atomic E-state index is 0.479. The van der Waals surface area contributed by atoms with Gasteiger partial charge in [0.25, 0.3) is 0 Å². The Morgan fingerprint density at radius 2 is 1.93 bits per heavy atom. The van der Waals surface area contributed by atoms with Crippen molar-refractivity contribution in [1.29, 1.82) is 0 Å². The molecule has 3 heterocycles. The first kappa shape index (κ1) is 19.3. The van der Waals surface area contributed by atoms with E-state index >= 15 is 0 Å². The molecule has 154 valence electrons. The summed E-state index contributed by atoms with van der Waals surface area (Å²) >= 11 is 6.40. The van der Waals surface area contributed by atoms with Gasteiger partial charge < -0.3 is 9.64 Å². The van der Waals surface area contributed by atoms with Crippen molar-refractivity contribution in [3.63, 3.8) is 0 Å². The molecule has 5 nitrogen and oxygen atoms in total. The quantitative estimate of drug-likeness (QED) is 0.589. The van der Waals surface area contributed by atoms with Crippen LogP contribution in [-0.2, 0) is 13.0 Å². The van der Waals surface area contributed by atoms with Crippen LogP contribution in [0.5, 0.6) is 5.75 Å². The molecule has 0 bridgehead atoms. The second-order valence-corrected chi connectivity index (χ2v) is 8.41. The van der Waals surface area contributed by atoms with E-state index in [1.54, 1.807) is 6.33 Å². The lowest BCUT2D eigenvalue weighted by Crippen LogP contribution is -2.39. The molecule has 1 unspecified atom stereocenters. The minimum Gasteiger partial charge on any atom is -0.487 e. The van der Waals surface area contributed by atoms with Gasteiger partial charge in [-0.15, -0.1) is 0 Å². The molecule has 0 aliphatic carbocycles. The highest BCUT2D eigenvalue weighted by Crippen LogP contribution is 2.41. The summed E-state index contributed by atoms with van der Waals surface area (Å²) in [6.45, 7) is 3.63. The fraction of sp³-hybridized carbons (Fsp3) is 0.333. The standard InChI is InChI=1S/C24H25ClN4O/c25-20-8-7-19-16-30-24-6-2-1-5-22(24)29(23(19)12-20)15-21-4-3-10-28(21)11-9-18-13-26-17-27-14-18/h1-2,5-8,12-14,17,21H,3-4,9-11,15-16H2. The van der Waals surface area contributed by atoms with Gasteiger partial charge in [0.05, 0.1) is 5.69 Å². The molecular formula is C24H25ClN4O. The summed E-state index contributed by atoms with van der Waals surface area (Å²) in [4.78, 5) is 13.3. The number of halogens is 1. The van der Waals surface area contributed by atoms with Crippen LogP contribution in [0, 0.1) is 0 Å². The largest absolute Gasteiger partial charge is 0.487 e. The van der Waals surface area contributed by atoms with Crippen molar-refractivity contribution in [1.82, 2.24) is 14.9 Å². The monoisotopic (exact) mass is 420 g/mol. The Morgan fingerprint density at radius 1 is 1.07 bits per heavy atom. The number of fused-ring (bicyclic) bond motifs is 2. The van der Waals surface area contributed by atoms with E-state index in [9.17, 15) is 0 Å². The molecule has 0 saturated carbocycles. The summed E-state index contributed by atoms with van der Waals surface area (Å²) in [5, 5.41) is 0.755. The Balaban J connectivity index is 1.41. The van der Waals surface area contributed by atoms with Crippen LogP contribution in [0.2, 0.25) is 5.02 Å². The maximum absolute atomic E-state index is 6.40. The summed E-state index contributed by atoms with van der Waals surface area (Å²) in [6.07, 6.45) is 8.81. The smallest absolute Gasteiger partial charge is 0.143 e. The average Bonchev–Trinajstić information content (AvgIpc) is 3.17. The first-order valence-electron chi connectivity index (χ1n) is 10.5. The third kappa shape index (κ3) is 4.00. The Bertz CT molecular complexity index is 1010. The predicted octanol–water partition coefficient (Wildman–Crippen LogP) is 4.87. The van der Waals surface area contributed by atoms with Crippen molar-refractivity contribution in [2.75, 3.05) is 24.5 Å². The molecule has 0 spiro atoms. The zero-order valence-corrected chi connectivity index (χ0v) is 17.6. The van der Waals surface area contributed by atoms with Gasteiger partial charge in [-0.2, -0.15) is 0 Å². The van der Waals surface area contributed by atoms with Gasteiger partial charge in [0.1, 0.15) is 18.7 Å². The van der Waals surface area contributed by atoms with E-state index in [2.05, 4.69) is 50.1 Å². The zero-order valence-electron chi connectivity index (χ0n) is 16.9. The average molecular weight is 421 g/mol. The van der Waals surface area contributed by atoms with Gasteiger partial charge in [0.15, 0.2) is 0 Å². The number of para-hydroxylation sites is 2. The third-order valence-corrected chi connectivity index (χ3v) is 6.31. The fourth-order valence-corrected chi connectivity index (χ4v) is 4.70. The molecule has 6 heteroatoms. The summed E-state index contributed by atoms with van der Waals surface area (Å²) in [7, 11) is 0. The number of nitrogens with zero attached hydrogens (tertiary/aromatic N) is 4. The van der Waals surface area contributed by atoms with Gasteiger partial charge in [0.2, 0.25) is 0 Å². The van der Waals surface area contributed by atoms with Crippen molar-refractivity contribution in [3.05, 3.63) is 77.3 Å². The van der Waals surface area contributed by atoms with Gasteiger partial charge in [-0.3, -0.25) is 4.90 Å². The van der Waals surface area contributed by atoms with Crippen LogP contribution in [-0.4, -0.2) is 40.5 Å². The normalized spacial score (nSPS) is 18.4. The molecule has 0 N–H and O–H groups in total. The highest BCUT2D eigenvalue weighted by atomic mass is 35.5. The number of benzene rings is 2. The van der Waals surface area contributed by atoms with E-state index in [0.29, 0.717) is 12.6 Å². The van der Waals surface area contributed by atoms with Crippen molar-refractivity contribution in [2.24, 2.45) is 0 Å². The SMILES string of the molecule is Clc1ccc2c(c1)N(CC1CCCN1CCc1cncnc1)c1ccccc1OC2. The summed E-state index contributed by atoms with van der Waals surface area (Å²) in [5.74, 6) is 0.927. The fourth-order valence-electron chi connectivity index (χ4n) is 4.53. The van der Waals surface area contributed by atoms with E-state index in [1.165, 1.54) is 24.0 Å². The number of hydrogen-bond donors (Lipinski definition) is 0. The van der Waals surface area contributed by atoms with Gasteiger partial charge in [0, 0.05) is 47.8 Å². The van der Waals surface area contributed by atoms with Crippen molar-refractivity contribution in [3.8, 4) is 5.75 Å². The van der Waals surface area contributed by atoms with Crippen molar-refractivity contribution in [2.45, 2.75) is 31.9 Å². The molecule has 5 rings (SSSR count). The van der Waals surface area contributed by atoms with E-state index in [-0.39, 0.29) is 0 Å². The van der Waals surface area contributed by atoms with E-state index in [4.69, 9.17) is 16.3 Å². The topological polar surface area (TPSA) is 41.5 Å². The summed E-state index contributed by atoms with van der Waals surface area (Å²) in [5.41, 5.74) is 4.62. The predicted molar refractivity (Wildman–Crippen MR) is 120 cm³/mol. The highest BCUT2D eigenvalue weighted by molar-refractivity contribution is 6.30. The van der Waals surface area contributed by atoms with Crippen molar-refractivity contribution < 1.29 is 4.74 Å². The summed E-state index contributed by atoms with van der Waals surface area (Å²) < 4.78 is 6.13. The van der Waals surface area contributed by atoms with Crippen LogP contribution in [0.3, 0.4) is 0 Å². The number of hydrogen-bond acceptors (Lipinski definition) is 5. The number of rotatable bonds is 5. The second kappa shape index (κ2) is 8.62. The maximum atomic E-state index is 6.40. The highest BCUT2D eigenvalue weighted by Gasteiger charge is 2.30. The molecule has 2 aliphatic heterocycles. The number of anilines is 2. The van der Waals surface area contributed by atoms with Crippen molar-refractivity contribution >= 4 is 23.0 Å². The molecule has 1 fully saturated rings. The Labute approximate surface area is 182 Å². The molecule has 30 heavy (non-hydrogen) atoms. The molecule has 0 radical (unpaired) electrons. The van der Waals surface area contributed by atoms with E-state index in [1.807, 2.05) is 24.5 Å². The summed E-state index contributed by atoms with van der Waals surface area (Å²) in [6, 6.07) is 14.9. The number of likely N-dealkylation sites (tertiary alicyclic amines) is 1. The lowest BCUT2D eigenvalue weighted by Gasteiger charge is -2.33. The molecular weight excluding hydrogens is 396 g/mol. The molecule has 1 saturated heterocycles. The van der Waals surface area contributed by atoms with Crippen LogP contribution >= 0.6 is 11.6 Å². The first-order valence-corrected chi connectivity index (χ1v) is 10.9. The van der Waals surface area contributed by atoms with Gasteiger partial charge in [-0.05, 0) is 55.6 Å². The minimum atomic E-state index is 0.479. The molecule has 2 aromatic carbocycles. The van der Waals surface area contributed by atoms with Crippen LogP contribution < -0.4 is 9.64 Å². The zero-order chi connectivity index (χ0) is 20.3. The van der Waals surface area contributed by atoms with Gasteiger partial charge in [-0.1, -0.05) is 29.8 Å². The second-order valence-electron chi connectivity index (χ2n) is 7.97.